The van der Waals surface area contributed by atoms with Crippen molar-refractivity contribution >= 4 is 11.9 Å². The second-order valence-corrected chi connectivity index (χ2v) is 4.22. The van der Waals surface area contributed by atoms with Gasteiger partial charge in [0, 0.05) is 12.5 Å². The second-order valence-electron chi connectivity index (χ2n) is 4.22. The molecule has 5 nitrogen and oxygen atoms in total. The fourth-order valence-corrected chi connectivity index (χ4v) is 1.57. The van der Waals surface area contributed by atoms with Gasteiger partial charge in [-0.25, -0.2) is 4.79 Å². The Hall–Kier alpha value is -1.36. The molecule has 104 valence electrons. The Labute approximate surface area is 108 Å². The van der Waals surface area contributed by atoms with Crippen molar-refractivity contribution in [3.8, 4) is 0 Å². The summed E-state index contributed by atoms with van der Waals surface area (Å²) in [7, 11) is 1.31. The number of hydrogen-bond donors (Lipinski definition) is 1. The summed E-state index contributed by atoms with van der Waals surface area (Å²) in [6.45, 7) is 6.84. The first kappa shape index (κ1) is 16.6. The van der Waals surface area contributed by atoms with Gasteiger partial charge in [0.2, 0.25) is 0 Å². The van der Waals surface area contributed by atoms with Crippen LogP contribution in [0, 0.1) is 5.92 Å². The van der Waals surface area contributed by atoms with Gasteiger partial charge in [-0.3, -0.25) is 4.79 Å². The Balaban J connectivity index is 4.49. The summed E-state index contributed by atoms with van der Waals surface area (Å²) in [5.74, 6) is -1.30. The van der Waals surface area contributed by atoms with Gasteiger partial charge in [0.05, 0.1) is 19.1 Å². The molecular weight excluding hydrogens is 236 g/mol. The zero-order valence-electron chi connectivity index (χ0n) is 11.2. The van der Waals surface area contributed by atoms with E-state index in [0.717, 1.165) is 6.08 Å². The van der Waals surface area contributed by atoms with Gasteiger partial charge in [-0.1, -0.05) is 20.4 Å². The molecule has 0 radical (unpaired) electrons. The summed E-state index contributed by atoms with van der Waals surface area (Å²) < 4.78 is 9.73. The predicted molar refractivity (Wildman–Crippen MR) is 66.8 cm³/mol. The second kappa shape index (κ2) is 8.69. The smallest absolute Gasteiger partial charge is 0.330 e. The molecule has 0 bridgehead atoms. The van der Waals surface area contributed by atoms with Crippen LogP contribution in [0.3, 0.4) is 0 Å². The molecule has 0 rings (SSSR count). The largest absolute Gasteiger partial charge is 0.469 e. The third kappa shape index (κ3) is 6.39. The van der Waals surface area contributed by atoms with Gasteiger partial charge in [-0.15, -0.1) is 0 Å². The molecule has 0 spiro atoms. The van der Waals surface area contributed by atoms with Gasteiger partial charge < -0.3 is 14.6 Å². The maximum Gasteiger partial charge on any atom is 0.330 e. The van der Waals surface area contributed by atoms with Gasteiger partial charge in [0.25, 0.3) is 0 Å². The summed E-state index contributed by atoms with van der Waals surface area (Å²) in [4.78, 5) is 22.5. The standard InChI is InChI=1S/C13H22O5/c1-5-10(14)8-11(18-12(15)6-2)7-9(3)13(16)17-4/h6,9-11,14H,2,5,7-8H2,1,3-4H3. The van der Waals surface area contributed by atoms with Crippen molar-refractivity contribution in [2.75, 3.05) is 7.11 Å². The quantitative estimate of drug-likeness (QED) is 0.527. The maximum atomic E-state index is 11.3. The lowest BCUT2D eigenvalue weighted by Gasteiger charge is -2.21. The van der Waals surface area contributed by atoms with E-state index >= 15 is 0 Å². The first-order valence-electron chi connectivity index (χ1n) is 6.03. The van der Waals surface area contributed by atoms with Crippen LogP contribution in [-0.4, -0.2) is 36.4 Å². The van der Waals surface area contributed by atoms with Gasteiger partial charge in [-0.05, 0) is 12.8 Å². The van der Waals surface area contributed by atoms with E-state index in [1.807, 2.05) is 6.92 Å². The minimum Gasteiger partial charge on any atom is -0.469 e. The molecule has 0 aromatic rings. The summed E-state index contributed by atoms with van der Waals surface area (Å²) in [6.07, 6.45) is 1.18. The van der Waals surface area contributed by atoms with Gasteiger partial charge >= 0.3 is 11.9 Å². The van der Waals surface area contributed by atoms with Crippen LogP contribution >= 0.6 is 0 Å². The van der Waals surface area contributed by atoms with Gasteiger partial charge in [0.1, 0.15) is 6.10 Å². The molecule has 3 unspecified atom stereocenters. The van der Waals surface area contributed by atoms with Crippen LogP contribution in [0.5, 0.6) is 0 Å². The Bertz CT molecular complexity index is 287. The maximum absolute atomic E-state index is 11.3. The highest BCUT2D eigenvalue weighted by atomic mass is 16.5. The minimum absolute atomic E-state index is 0.303. The van der Waals surface area contributed by atoms with E-state index in [0.29, 0.717) is 19.3 Å². The lowest BCUT2D eigenvalue weighted by Crippen LogP contribution is -2.27. The number of carbonyl (C=O) groups excluding carboxylic acids is 2. The highest BCUT2D eigenvalue weighted by Crippen LogP contribution is 2.17. The van der Waals surface area contributed by atoms with Gasteiger partial charge in [-0.2, -0.15) is 0 Å². The number of aliphatic hydroxyl groups excluding tert-OH is 1. The molecule has 0 heterocycles. The van der Waals surface area contributed by atoms with Gasteiger partial charge in [0.15, 0.2) is 0 Å². The highest BCUT2D eigenvalue weighted by Gasteiger charge is 2.23. The first-order valence-corrected chi connectivity index (χ1v) is 6.03. The molecule has 0 fully saturated rings. The number of methoxy groups -OCH3 is 1. The molecule has 0 saturated carbocycles. The normalized spacial score (nSPS) is 15.3. The third-order valence-corrected chi connectivity index (χ3v) is 2.68. The van der Waals surface area contributed by atoms with Crippen LogP contribution in [0.15, 0.2) is 12.7 Å². The number of esters is 2. The molecule has 5 heteroatoms. The van der Waals surface area contributed by atoms with Crippen LogP contribution < -0.4 is 0 Å². The van der Waals surface area contributed by atoms with Crippen molar-refractivity contribution in [3.63, 3.8) is 0 Å². The van der Waals surface area contributed by atoms with E-state index in [1.54, 1.807) is 6.92 Å². The number of rotatable bonds is 8. The summed E-state index contributed by atoms with van der Waals surface area (Å²) in [5.41, 5.74) is 0. The van der Waals surface area contributed by atoms with Crippen molar-refractivity contribution in [3.05, 3.63) is 12.7 Å². The van der Waals surface area contributed by atoms with E-state index in [2.05, 4.69) is 11.3 Å². The topological polar surface area (TPSA) is 72.8 Å². The SMILES string of the molecule is C=CC(=O)OC(CC(O)CC)CC(C)C(=O)OC. The zero-order valence-corrected chi connectivity index (χ0v) is 11.2. The predicted octanol–water partition coefficient (Wildman–Crippen LogP) is 1.44. The van der Waals surface area contributed by atoms with E-state index in [-0.39, 0.29) is 11.9 Å². The molecule has 0 aromatic heterocycles. The molecular formula is C13H22O5. The Morgan fingerprint density at radius 3 is 2.44 bits per heavy atom. The molecule has 1 N–H and O–H groups in total. The number of hydrogen-bond acceptors (Lipinski definition) is 5. The van der Waals surface area contributed by atoms with Crippen LogP contribution in [0.4, 0.5) is 0 Å². The molecule has 0 aliphatic carbocycles. The van der Waals surface area contributed by atoms with Crippen molar-refractivity contribution in [1.82, 2.24) is 0 Å². The number of ether oxygens (including phenoxy) is 2. The highest BCUT2D eigenvalue weighted by molar-refractivity contribution is 5.81. The monoisotopic (exact) mass is 258 g/mol. The number of carbonyl (C=O) groups is 2. The average molecular weight is 258 g/mol. The molecule has 18 heavy (non-hydrogen) atoms. The molecule has 0 amide bonds. The summed E-state index contributed by atoms with van der Waals surface area (Å²) in [5, 5.41) is 9.59. The molecule has 0 aliphatic rings. The van der Waals surface area contributed by atoms with Crippen molar-refractivity contribution in [1.29, 1.82) is 0 Å². The van der Waals surface area contributed by atoms with Crippen molar-refractivity contribution in [2.24, 2.45) is 5.92 Å². The first-order chi connectivity index (χ1) is 8.44. The minimum atomic E-state index is -0.558. The van der Waals surface area contributed by atoms with Crippen LogP contribution in [-0.2, 0) is 19.1 Å². The van der Waals surface area contributed by atoms with Crippen LogP contribution in [0.2, 0.25) is 0 Å². The van der Waals surface area contributed by atoms with Crippen molar-refractivity contribution in [2.45, 2.75) is 45.3 Å². The lowest BCUT2D eigenvalue weighted by molar-refractivity contribution is -0.151. The third-order valence-electron chi connectivity index (χ3n) is 2.68. The molecule has 0 aromatic carbocycles. The summed E-state index contributed by atoms with van der Waals surface area (Å²) in [6, 6.07) is 0. The number of aliphatic hydroxyl groups is 1. The van der Waals surface area contributed by atoms with E-state index in [9.17, 15) is 14.7 Å². The van der Waals surface area contributed by atoms with E-state index in [4.69, 9.17) is 4.74 Å². The molecule has 0 saturated heterocycles. The molecule has 0 aliphatic heterocycles. The fraction of sp³-hybridized carbons (Fsp3) is 0.692. The molecule has 3 atom stereocenters. The van der Waals surface area contributed by atoms with E-state index < -0.39 is 18.2 Å². The Kier molecular flexibility index (Phi) is 8.03. The lowest BCUT2D eigenvalue weighted by atomic mass is 9.98. The van der Waals surface area contributed by atoms with Crippen molar-refractivity contribution < 1.29 is 24.2 Å². The Morgan fingerprint density at radius 2 is 2.00 bits per heavy atom. The Morgan fingerprint density at radius 1 is 1.39 bits per heavy atom. The fourth-order valence-electron chi connectivity index (χ4n) is 1.57. The van der Waals surface area contributed by atoms with Crippen LogP contribution in [0.1, 0.15) is 33.1 Å². The van der Waals surface area contributed by atoms with Crippen LogP contribution in [0.25, 0.3) is 0 Å². The van der Waals surface area contributed by atoms with E-state index in [1.165, 1.54) is 7.11 Å². The zero-order chi connectivity index (χ0) is 14.1. The summed E-state index contributed by atoms with van der Waals surface area (Å²) >= 11 is 0. The average Bonchev–Trinajstić information content (AvgIpc) is 2.36.